The van der Waals surface area contributed by atoms with Crippen LogP contribution in [-0.4, -0.2) is 35.0 Å². The number of halogens is 1. The minimum absolute atomic E-state index is 0.0129. The van der Waals surface area contributed by atoms with Crippen molar-refractivity contribution in [3.8, 4) is 0 Å². The molecule has 2 aromatic carbocycles. The molecule has 1 aliphatic rings. The lowest BCUT2D eigenvalue weighted by molar-refractivity contribution is -0.132. The third kappa shape index (κ3) is 10.4. The Hall–Kier alpha value is -3.68. The highest BCUT2D eigenvalue weighted by molar-refractivity contribution is 5.92. The van der Waals surface area contributed by atoms with Crippen molar-refractivity contribution in [3.05, 3.63) is 83.7 Å². The molecular formula is C30H42FN3O4. The van der Waals surface area contributed by atoms with Gasteiger partial charge in [-0.1, -0.05) is 44.2 Å². The van der Waals surface area contributed by atoms with Crippen molar-refractivity contribution >= 4 is 17.9 Å². The van der Waals surface area contributed by atoms with Crippen LogP contribution in [0.1, 0.15) is 94.4 Å². The van der Waals surface area contributed by atoms with Gasteiger partial charge in [-0.15, -0.1) is 6.58 Å². The highest BCUT2D eigenvalue weighted by atomic mass is 19.1. The summed E-state index contributed by atoms with van der Waals surface area (Å²) in [7, 11) is 0. The number of ether oxygens (including phenoxy) is 1. The molecule has 3 N–H and O–H groups in total. The fraction of sp³-hybridized carbons (Fsp3) is 0.433. The summed E-state index contributed by atoms with van der Waals surface area (Å²) in [4.78, 5) is 38.9. The molecule has 0 spiro atoms. The summed E-state index contributed by atoms with van der Waals surface area (Å²) >= 11 is 0. The fourth-order valence-corrected chi connectivity index (χ4v) is 4.00. The van der Waals surface area contributed by atoms with Crippen LogP contribution in [0, 0.1) is 5.82 Å². The maximum absolute atomic E-state index is 13.8. The van der Waals surface area contributed by atoms with Crippen molar-refractivity contribution in [2.45, 2.75) is 78.5 Å². The molecule has 2 aromatic rings. The van der Waals surface area contributed by atoms with E-state index in [0.717, 1.165) is 18.4 Å². The zero-order valence-electron chi connectivity index (χ0n) is 23.4. The van der Waals surface area contributed by atoms with E-state index in [0.29, 0.717) is 17.7 Å². The molecule has 1 saturated heterocycles. The molecule has 0 radical (unpaired) electrons. The van der Waals surface area contributed by atoms with E-state index in [9.17, 15) is 18.8 Å². The smallest absolute Gasteiger partial charge is 0.408 e. The van der Waals surface area contributed by atoms with Crippen LogP contribution in [0.15, 0.2) is 61.2 Å². The Bertz CT molecular complexity index is 1060. The number of nitrogens with one attached hydrogen (secondary N) is 1. The second-order valence-corrected chi connectivity index (χ2v) is 9.60. The van der Waals surface area contributed by atoms with Crippen LogP contribution in [0.4, 0.5) is 9.18 Å². The zero-order valence-corrected chi connectivity index (χ0v) is 23.4. The third-order valence-electron chi connectivity index (χ3n) is 5.47. The van der Waals surface area contributed by atoms with Crippen LogP contribution in [0.2, 0.25) is 0 Å². The zero-order chi connectivity index (χ0) is 28.9. The van der Waals surface area contributed by atoms with Crippen LogP contribution >= 0.6 is 0 Å². The number of nitrogens with two attached hydrogens (primary N) is 1. The monoisotopic (exact) mass is 527 g/mol. The highest BCUT2D eigenvalue weighted by Crippen LogP contribution is 2.34. The molecule has 1 heterocycles. The summed E-state index contributed by atoms with van der Waals surface area (Å²) in [6.45, 7) is 15.1. The maximum Gasteiger partial charge on any atom is 0.408 e. The number of alkyl carbamates (subject to hydrolysis) is 1. The summed E-state index contributed by atoms with van der Waals surface area (Å²) < 4.78 is 19.1. The van der Waals surface area contributed by atoms with Crippen LogP contribution in [0.3, 0.4) is 0 Å². The number of benzene rings is 2. The van der Waals surface area contributed by atoms with Gasteiger partial charge in [-0.2, -0.15) is 0 Å². The number of rotatable bonds is 6. The fourth-order valence-electron chi connectivity index (χ4n) is 4.00. The molecule has 0 saturated carbocycles. The van der Waals surface area contributed by atoms with Gasteiger partial charge in [0.15, 0.2) is 0 Å². The minimum Gasteiger partial charge on any atom is -0.444 e. The Morgan fingerprint density at radius 1 is 1.18 bits per heavy atom. The van der Waals surface area contributed by atoms with Gasteiger partial charge in [-0.3, -0.25) is 9.59 Å². The van der Waals surface area contributed by atoms with Crippen LogP contribution in [-0.2, 0) is 9.53 Å². The molecule has 38 heavy (non-hydrogen) atoms. The van der Waals surface area contributed by atoms with Gasteiger partial charge < -0.3 is 20.7 Å². The first-order chi connectivity index (χ1) is 17.9. The van der Waals surface area contributed by atoms with Gasteiger partial charge in [-0.25, -0.2) is 9.18 Å². The van der Waals surface area contributed by atoms with Gasteiger partial charge in [0.2, 0.25) is 11.8 Å². The lowest BCUT2D eigenvalue weighted by atomic mass is 10.00. The maximum atomic E-state index is 13.8. The van der Waals surface area contributed by atoms with E-state index in [1.807, 2.05) is 26.8 Å². The summed E-state index contributed by atoms with van der Waals surface area (Å²) in [5.41, 5.74) is 6.33. The first kappa shape index (κ1) is 32.3. The Balaban J connectivity index is 0.00000135. The summed E-state index contributed by atoms with van der Waals surface area (Å²) in [5, 5.41) is 2.77. The molecule has 2 atom stereocenters. The normalized spacial score (nSPS) is 15.1. The van der Waals surface area contributed by atoms with Gasteiger partial charge in [-0.05, 0) is 75.9 Å². The predicted octanol–water partition coefficient (Wildman–Crippen LogP) is 6.46. The van der Waals surface area contributed by atoms with Gasteiger partial charge in [0.05, 0.1) is 18.5 Å². The number of hydrogen-bond donors (Lipinski definition) is 2. The van der Waals surface area contributed by atoms with E-state index in [1.54, 1.807) is 62.1 Å². The number of hydrogen-bond acceptors (Lipinski definition) is 4. The van der Waals surface area contributed by atoms with Gasteiger partial charge in [0.1, 0.15) is 11.4 Å². The second kappa shape index (κ2) is 15.5. The van der Waals surface area contributed by atoms with Gasteiger partial charge in [0.25, 0.3) is 0 Å². The molecule has 1 aliphatic heterocycles. The summed E-state index contributed by atoms with van der Waals surface area (Å²) in [6, 6.07) is 11.8. The van der Waals surface area contributed by atoms with E-state index >= 15 is 0 Å². The topological polar surface area (TPSA) is 102 Å². The summed E-state index contributed by atoms with van der Waals surface area (Å²) in [6.07, 6.45) is 2.64. The van der Waals surface area contributed by atoms with Crippen molar-refractivity contribution in [1.82, 2.24) is 10.2 Å². The van der Waals surface area contributed by atoms with E-state index < -0.39 is 23.6 Å². The molecule has 2 unspecified atom stereocenters. The van der Waals surface area contributed by atoms with Crippen LogP contribution < -0.4 is 11.1 Å². The van der Waals surface area contributed by atoms with E-state index in [-0.39, 0.29) is 24.2 Å². The van der Waals surface area contributed by atoms with Crippen LogP contribution in [0.25, 0.3) is 0 Å². The van der Waals surface area contributed by atoms with Crippen molar-refractivity contribution in [1.29, 1.82) is 0 Å². The number of carbonyl (C=O) groups is 3. The molecule has 3 amide bonds. The van der Waals surface area contributed by atoms with Crippen LogP contribution in [0.5, 0.6) is 0 Å². The van der Waals surface area contributed by atoms with Crippen molar-refractivity contribution in [2.75, 3.05) is 6.54 Å². The minimum atomic E-state index is -0.702. The van der Waals surface area contributed by atoms with Crippen molar-refractivity contribution < 1.29 is 23.5 Å². The standard InChI is InChI=1S/C25H30FN3O4.C3H6.C2H6/c1-25(2,3)33-24(32)28-20(16-9-11-17(12-10-16)23(27)31)15-22(30)29-13-5-8-21(29)18-6-4-7-19(26)14-18;1-3-2;1-2/h4,6-7,9-12,14,20-21H,5,8,13,15H2,1-3H3,(H2,27,31)(H,28,32);3H,1H2,2H3;1-2H3. The second-order valence-electron chi connectivity index (χ2n) is 9.60. The molecule has 0 aliphatic carbocycles. The van der Waals surface area contributed by atoms with Crippen molar-refractivity contribution in [3.63, 3.8) is 0 Å². The predicted molar refractivity (Wildman–Crippen MR) is 149 cm³/mol. The number of primary amides is 1. The first-order valence-corrected chi connectivity index (χ1v) is 13.0. The van der Waals surface area contributed by atoms with E-state index in [4.69, 9.17) is 10.5 Å². The highest BCUT2D eigenvalue weighted by Gasteiger charge is 2.32. The average Bonchev–Trinajstić information content (AvgIpc) is 3.35. The molecule has 8 heteroatoms. The van der Waals surface area contributed by atoms with E-state index in [2.05, 4.69) is 11.9 Å². The Labute approximate surface area is 226 Å². The Kier molecular flexibility index (Phi) is 13.2. The third-order valence-corrected chi connectivity index (χ3v) is 5.47. The molecule has 7 nitrogen and oxygen atoms in total. The largest absolute Gasteiger partial charge is 0.444 e. The molecule has 0 aromatic heterocycles. The number of carbonyl (C=O) groups excluding carboxylic acids is 3. The summed E-state index contributed by atoms with van der Waals surface area (Å²) in [5.74, 6) is -1.07. The molecular weight excluding hydrogens is 485 g/mol. The Morgan fingerprint density at radius 2 is 1.79 bits per heavy atom. The number of amides is 3. The molecule has 0 bridgehead atoms. The first-order valence-electron chi connectivity index (χ1n) is 13.0. The quantitative estimate of drug-likeness (QED) is 0.421. The average molecular weight is 528 g/mol. The lowest BCUT2D eigenvalue weighted by Crippen LogP contribution is -2.38. The van der Waals surface area contributed by atoms with Crippen molar-refractivity contribution in [2.24, 2.45) is 5.73 Å². The molecule has 208 valence electrons. The van der Waals surface area contributed by atoms with E-state index in [1.165, 1.54) is 12.1 Å². The number of likely N-dealkylation sites (tertiary alicyclic amines) is 1. The number of nitrogens with zero attached hydrogens (tertiary/aromatic N) is 1. The Morgan fingerprint density at radius 3 is 2.32 bits per heavy atom. The number of allylic oxidation sites excluding steroid dienone is 1. The molecule has 1 fully saturated rings. The molecule has 3 rings (SSSR count). The SMILES string of the molecule is C=CC.CC.CC(C)(C)OC(=O)NC(CC(=O)N1CCCC1c1cccc(F)c1)c1ccc(C(N)=O)cc1. The van der Waals surface area contributed by atoms with Gasteiger partial charge in [0, 0.05) is 12.1 Å². The van der Waals surface area contributed by atoms with Gasteiger partial charge >= 0.3 is 6.09 Å². The lowest BCUT2D eigenvalue weighted by Gasteiger charge is -2.28.